The standard InChI is InChI=1S/C18H29N5O2/c1-15-12-19-5-4-17(15)22-6-3-7-23(9-8-22)18(24)20-13-16-14-21(2)10-11-25-16/h4-5,12,16H,3,6-11,13-14H2,1-2H3,(H,20,24)/t16-/m1/s1. The second-order valence-electron chi connectivity index (χ2n) is 6.93. The Morgan fingerprint density at radius 3 is 3.00 bits per heavy atom. The van der Waals surface area contributed by atoms with Crippen molar-refractivity contribution in [2.24, 2.45) is 0 Å². The van der Waals surface area contributed by atoms with Crippen LogP contribution in [0.1, 0.15) is 12.0 Å². The number of ether oxygens (including phenoxy) is 1. The van der Waals surface area contributed by atoms with E-state index in [1.165, 1.54) is 11.3 Å². The average Bonchev–Trinajstić information content (AvgIpc) is 2.86. The highest BCUT2D eigenvalue weighted by Gasteiger charge is 2.22. The molecule has 2 aliphatic rings. The second kappa shape index (κ2) is 8.49. The van der Waals surface area contributed by atoms with Crippen LogP contribution in [-0.2, 0) is 4.74 Å². The smallest absolute Gasteiger partial charge is 0.317 e. The summed E-state index contributed by atoms with van der Waals surface area (Å²) in [4.78, 5) is 23.2. The molecule has 138 valence electrons. The molecule has 7 heteroatoms. The highest BCUT2D eigenvalue weighted by Crippen LogP contribution is 2.20. The molecule has 0 unspecified atom stereocenters. The fourth-order valence-corrected chi connectivity index (χ4v) is 3.49. The molecule has 0 spiro atoms. The Morgan fingerprint density at radius 2 is 2.20 bits per heavy atom. The predicted octanol–water partition coefficient (Wildman–Crippen LogP) is 0.942. The highest BCUT2D eigenvalue weighted by atomic mass is 16.5. The van der Waals surface area contributed by atoms with E-state index in [1.54, 1.807) is 0 Å². The molecular weight excluding hydrogens is 318 g/mol. The van der Waals surface area contributed by atoms with Crippen molar-refractivity contribution in [3.05, 3.63) is 24.0 Å². The molecule has 1 N–H and O–H groups in total. The van der Waals surface area contributed by atoms with Crippen molar-refractivity contribution in [1.82, 2.24) is 20.1 Å². The average molecular weight is 347 g/mol. The lowest BCUT2D eigenvalue weighted by Gasteiger charge is -2.31. The van der Waals surface area contributed by atoms with Crippen LogP contribution < -0.4 is 10.2 Å². The number of rotatable bonds is 3. The molecule has 1 aromatic rings. The zero-order valence-corrected chi connectivity index (χ0v) is 15.3. The molecule has 0 bridgehead atoms. The topological polar surface area (TPSA) is 60.9 Å². The molecule has 0 aromatic carbocycles. The fraction of sp³-hybridized carbons (Fsp3) is 0.667. The molecule has 2 aliphatic heterocycles. The van der Waals surface area contributed by atoms with Gasteiger partial charge in [-0.2, -0.15) is 0 Å². The van der Waals surface area contributed by atoms with E-state index in [0.717, 1.165) is 52.3 Å². The Bertz CT molecular complexity index is 582. The van der Waals surface area contributed by atoms with Gasteiger partial charge >= 0.3 is 6.03 Å². The third-order valence-corrected chi connectivity index (χ3v) is 4.94. The number of hydrogen-bond donors (Lipinski definition) is 1. The molecule has 7 nitrogen and oxygen atoms in total. The van der Waals surface area contributed by atoms with Crippen LogP contribution in [0.15, 0.2) is 18.5 Å². The lowest BCUT2D eigenvalue weighted by molar-refractivity contribution is -0.0172. The van der Waals surface area contributed by atoms with Gasteiger partial charge in [-0.05, 0) is 32.0 Å². The lowest BCUT2D eigenvalue weighted by Crippen LogP contribution is -2.49. The van der Waals surface area contributed by atoms with Gasteiger partial charge in [-0.25, -0.2) is 4.79 Å². The van der Waals surface area contributed by atoms with Gasteiger partial charge in [0.15, 0.2) is 0 Å². The van der Waals surface area contributed by atoms with Crippen molar-refractivity contribution in [2.75, 3.05) is 64.4 Å². The molecular formula is C18H29N5O2. The van der Waals surface area contributed by atoms with Crippen LogP contribution in [0.4, 0.5) is 10.5 Å². The first-order valence-electron chi connectivity index (χ1n) is 9.12. The van der Waals surface area contributed by atoms with E-state index < -0.39 is 0 Å². The van der Waals surface area contributed by atoms with Crippen molar-refractivity contribution in [2.45, 2.75) is 19.4 Å². The first kappa shape index (κ1) is 17.9. The molecule has 2 fully saturated rings. The maximum Gasteiger partial charge on any atom is 0.317 e. The molecule has 1 atom stereocenters. The monoisotopic (exact) mass is 347 g/mol. The summed E-state index contributed by atoms with van der Waals surface area (Å²) in [6, 6.07) is 2.08. The maximum atomic E-state index is 12.5. The lowest BCUT2D eigenvalue weighted by atomic mass is 10.2. The van der Waals surface area contributed by atoms with Gasteiger partial charge in [-0.15, -0.1) is 0 Å². The van der Waals surface area contributed by atoms with E-state index >= 15 is 0 Å². The number of pyridine rings is 1. The quantitative estimate of drug-likeness (QED) is 0.882. The summed E-state index contributed by atoms with van der Waals surface area (Å²) in [6.07, 6.45) is 4.79. The van der Waals surface area contributed by atoms with E-state index in [9.17, 15) is 4.79 Å². The van der Waals surface area contributed by atoms with Gasteiger partial charge in [0.05, 0.1) is 12.7 Å². The van der Waals surface area contributed by atoms with E-state index in [2.05, 4.69) is 40.1 Å². The number of amides is 2. The SMILES string of the molecule is Cc1cnccc1N1CCCN(C(=O)NC[C@@H]2CN(C)CCO2)CC1. The van der Waals surface area contributed by atoms with Gasteiger partial charge in [0, 0.05) is 63.9 Å². The van der Waals surface area contributed by atoms with Gasteiger partial charge in [0.1, 0.15) is 0 Å². The number of nitrogens with one attached hydrogen (secondary N) is 1. The number of carbonyl (C=O) groups is 1. The van der Waals surface area contributed by atoms with Crippen molar-refractivity contribution >= 4 is 11.7 Å². The summed E-state index contributed by atoms with van der Waals surface area (Å²) in [7, 11) is 2.09. The predicted molar refractivity (Wildman–Crippen MR) is 98.0 cm³/mol. The summed E-state index contributed by atoms with van der Waals surface area (Å²) >= 11 is 0. The molecule has 25 heavy (non-hydrogen) atoms. The van der Waals surface area contributed by atoms with Gasteiger partial charge < -0.3 is 24.8 Å². The van der Waals surface area contributed by atoms with Crippen molar-refractivity contribution < 1.29 is 9.53 Å². The van der Waals surface area contributed by atoms with Gasteiger partial charge in [0.25, 0.3) is 0 Å². The number of aryl methyl sites for hydroxylation is 1. The summed E-state index contributed by atoms with van der Waals surface area (Å²) in [5.41, 5.74) is 2.40. The summed E-state index contributed by atoms with van der Waals surface area (Å²) in [5, 5.41) is 3.04. The number of carbonyl (C=O) groups excluding carboxylic acids is 1. The van der Waals surface area contributed by atoms with E-state index in [0.29, 0.717) is 6.54 Å². The molecule has 0 saturated carbocycles. The first-order valence-corrected chi connectivity index (χ1v) is 9.12. The Hall–Kier alpha value is -1.86. The fourth-order valence-electron chi connectivity index (χ4n) is 3.49. The number of nitrogens with zero attached hydrogens (tertiary/aromatic N) is 4. The van der Waals surface area contributed by atoms with E-state index in [-0.39, 0.29) is 12.1 Å². The van der Waals surface area contributed by atoms with Crippen molar-refractivity contribution in [3.8, 4) is 0 Å². The minimum atomic E-state index is 0.0186. The Labute approximate surface area is 149 Å². The third kappa shape index (κ3) is 4.83. The van der Waals surface area contributed by atoms with Crippen LogP contribution in [0.5, 0.6) is 0 Å². The number of likely N-dealkylation sites (N-methyl/N-ethyl adjacent to an activating group) is 1. The second-order valence-corrected chi connectivity index (χ2v) is 6.93. The number of morpholine rings is 1. The molecule has 3 heterocycles. The number of hydrogen-bond acceptors (Lipinski definition) is 5. The Balaban J connectivity index is 1.49. The van der Waals surface area contributed by atoms with Crippen molar-refractivity contribution in [1.29, 1.82) is 0 Å². The van der Waals surface area contributed by atoms with Crippen LogP contribution in [0.2, 0.25) is 0 Å². The largest absolute Gasteiger partial charge is 0.374 e. The molecule has 2 saturated heterocycles. The molecule has 0 radical (unpaired) electrons. The molecule has 3 rings (SSSR count). The summed E-state index contributed by atoms with van der Waals surface area (Å²) in [5.74, 6) is 0. The zero-order chi connectivity index (χ0) is 17.6. The Kier molecular flexibility index (Phi) is 6.09. The van der Waals surface area contributed by atoms with Crippen LogP contribution in [0.25, 0.3) is 0 Å². The van der Waals surface area contributed by atoms with Crippen molar-refractivity contribution in [3.63, 3.8) is 0 Å². The van der Waals surface area contributed by atoms with Crippen LogP contribution >= 0.6 is 0 Å². The number of urea groups is 1. The van der Waals surface area contributed by atoms with Crippen LogP contribution in [-0.4, -0.2) is 86.4 Å². The summed E-state index contributed by atoms with van der Waals surface area (Å²) in [6.45, 7) is 8.56. The Morgan fingerprint density at radius 1 is 1.32 bits per heavy atom. The minimum absolute atomic E-state index is 0.0186. The molecule has 2 amide bonds. The number of anilines is 1. The zero-order valence-electron chi connectivity index (χ0n) is 15.3. The van der Waals surface area contributed by atoms with Gasteiger partial charge in [-0.1, -0.05) is 0 Å². The van der Waals surface area contributed by atoms with Crippen LogP contribution in [0, 0.1) is 6.92 Å². The number of aromatic nitrogens is 1. The van der Waals surface area contributed by atoms with E-state index in [1.807, 2.05) is 17.3 Å². The normalized spacial score (nSPS) is 22.6. The molecule has 1 aromatic heterocycles. The minimum Gasteiger partial charge on any atom is -0.374 e. The third-order valence-electron chi connectivity index (χ3n) is 4.94. The van der Waals surface area contributed by atoms with Gasteiger partial charge in [-0.3, -0.25) is 4.98 Å². The summed E-state index contributed by atoms with van der Waals surface area (Å²) < 4.78 is 5.71. The van der Waals surface area contributed by atoms with Gasteiger partial charge in [0.2, 0.25) is 0 Å². The molecule has 0 aliphatic carbocycles. The maximum absolute atomic E-state index is 12.5. The van der Waals surface area contributed by atoms with E-state index in [4.69, 9.17) is 4.74 Å². The van der Waals surface area contributed by atoms with Crippen LogP contribution in [0.3, 0.4) is 0 Å². The highest BCUT2D eigenvalue weighted by molar-refractivity contribution is 5.74. The first-order chi connectivity index (χ1) is 12.1.